The van der Waals surface area contributed by atoms with Crippen LogP contribution in [0.1, 0.15) is 39.7 Å². The van der Waals surface area contributed by atoms with E-state index in [9.17, 15) is 24.5 Å². The van der Waals surface area contributed by atoms with Gasteiger partial charge in [-0.2, -0.15) is 0 Å². The van der Waals surface area contributed by atoms with Crippen LogP contribution in [0, 0.1) is 22.0 Å². The second-order valence-corrected chi connectivity index (χ2v) is 10.8. The Balaban J connectivity index is 1.28. The van der Waals surface area contributed by atoms with Crippen LogP contribution in [-0.2, 0) is 20.8 Å². The molecule has 8 rings (SSSR count). The summed E-state index contributed by atoms with van der Waals surface area (Å²) in [6.45, 7) is 0. The molecule has 0 aromatic heterocycles. The molecule has 41 heavy (non-hydrogen) atoms. The highest BCUT2D eigenvalue weighted by molar-refractivity contribution is 6.11. The van der Waals surface area contributed by atoms with Gasteiger partial charge in [-0.3, -0.25) is 29.4 Å². The van der Waals surface area contributed by atoms with E-state index in [1.807, 2.05) is 78.9 Å². The van der Waals surface area contributed by atoms with Crippen molar-refractivity contribution in [2.24, 2.45) is 11.8 Å². The number of carbonyl (C=O) groups excluding carboxylic acids is 3. The molecular weight excluding hydrogens is 518 g/mol. The molecule has 3 atom stereocenters. The van der Waals surface area contributed by atoms with Crippen LogP contribution in [0.5, 0.6) is 0 Å². The molecule has 2 bridgehead atoms. The lowest BCUT2D eigenvalue weighted by Gasteiger charge is -2.45. The topological polar surface area (TPSA) is 110 Å². The fourth-order valence-corrected chi connectivity index (χ4v) is 7.04. The molecule has 1 fully saturated rings. The number of hydrogen-bond acceptors (Lipinski definition) is 5. The molecule has 1 aliphatic heterocycles. The molecule has 3 amide bonds. The number of nitrogens with one attached hydrogen (secondary N) is 1. The molecule has 3 aliphatic carbocycles. The molecule has 4 aromatic rings. The monoisotopic (exact) mass is 543 g/mol. The van der Waals surface area contributed by atoms with Gasteiger partial charge in [0.25, 0.3) is 5.69 Å². The third-order valence-electron chi connectivity index (χ3n) is 8.71. The van der Waals surface area contributed by atoms with Gasteiger partial charge in [0.15, 0.2) is 0 Å². The van der Waals surface area contributed by atoms with Crippen LogP contribution in [0.15, 0.2) is 103 Å². The van der Waals surface area contributed by atoms with Gasteiger partial charge >= 0.3 is 0 Å². The molecule has 8 heteroatoms. The summed E-state index contributed by atoms with van der Waals surface area (Å²) >= 11 is 0. The number of nitro benzene ring substituents is 1. The highest BCUT2D eigenvalue weighted by Gasteiger charge is 2.63. The highest BCUT2D eigenvalue weighted by Crippen LogP contribution is 2.61. The average Bonchev–Trinajstić information content (AvgIpc) is 3.26. The van der Waals surface area contributed by atoms with E-state index in [-0.39, 0.29) is 35.8 Å². The van der Waals surface area contributed by atoms with Crippen molar-refractivity contribution in [2.75, 3.05) is 5.32 Å². The Morgan fingerprint density at radius 2 is 1.20 bits per heavy atom. The number of nitro groups is 1. The molecule has 4 aromatic carbocycles. The summed E-state index contributed by atoms with van der Waals surface area (Å²) in [5.74, 6) is -2.92. The van der Waals surface area contributed by atoms with Gasteiger partial charge in [-0.15, -0.1) is 0 Å². The van der Waals surface area contributed by atoms with Crippen molar-refractivity contribution in [3.8, 4) is 0 Å². The standard InChI is InChI=1S/C33H25N3O5/c37-31(34-20-14-16-21(17-15-20)36(40)41)26(18-19-8-2-1-3-9-19)35-32(38)29-27-22-10-4-5-11-23(22)28(30(29)33(35)39)25-13-7-6-12-24(25)27/h1-17,26-30H,18H2,(H,34,37)/t26-,27?,28?,29+,30+/m0/s1. The van der Waals surface area contributed by atoms with Crippen molar-refractivity contribution >= 4 is 29.1 Å². The van der Waals surface area contributed by atoms with E-state index in [2.05, 4.69) is 5.32 Å². The first-order valence-corrected chi connectivity index (χ1v) is 13.6. The van der Waals surface area contributed by atoms with Gasteiger partial charge in [-0.1, -0.05) is 78.9 Å². The van der Waals surface area contributed by atoms with Crippen LogP contribution in [0.2, 0.25) is 0 Å². The maximum atomic E-state index is 14.3. The summed E-state index contributed by atoms with van der Waals surface area (Å²) in [6, 6.07) is 29.7. The Labute approximate surface area is 235 Å². The summed E-state index contributed by atoms with van der Waals surface area (Å²) in [4.78, 5) is 54.2. The van der Waals surface area contributed by atoms with Crippen LogP contribution < -0.4 is 5.32 Å². The molecule has 8 nitrogen and oxygen atoms in total. The highest BCUT2D eigenvalue weighted by atomic mass is 16.6. The normalized spacial score (nSPS) is 22.5. The van der Waals surface area contributed by atoms with Crippen LogP contribution in [0.3, 0.4) is 0 Å². The zero-order valence-electron chi connectivity index (χ0n) is 21.8. The Morgan fingerprint density at radius 3 is 1.66 bits per heavy atom. The molecule has 0 saturated carbocycles. The number of likely N-dealkylation sites (tertiary alicyclic amines) is 1. The maximum Gasteiger partial charge on any atom is 0.269 e. The van der Waals surface area contributed by atoms with Crippen LogP contribution in [0.4, 0.5) is 11.4 Å². The van der Waals surface area contributed by atoms with Crippen molar-refractivity contribution < 1.29 is 19.3 Å². The lowest BCUT2D eigenvalue weighted by Crippen LogP contribution is -2.49. The molecule has 1 N–H and O–H groups in total. The van der Waals surface area contributed by atoms with Gasteiger partial charge in [0.1, 0.15) is 6.04 Å². The lowest BCUT2D eigenvalue weighted by atomic mass is 9.55. The Kier molecular flexibility index (Phi) is 5.78. The first kappa shape index (κ1) is 24.9. The second-order valence-electron chi connectivity index (χ2n) is 10.8. The maximum absolute atomic E-state index is 14.3. The Bertz CT molecular complexity index is 1600. The van der Waals surface area contributed by atoms with Gasteiger partial charge in [-0.05, 0) is 39.9 Å². The fraction of sp³-hybridized carbons (Fsp3) is 0.182. The summed E-state index contributed by atoms with van der Waals surface area (Å²) in [5.41, 5.74) is 5.31. The minimum atomic E-state index is -1.09. The van der Waals surface area contributed by atoms with Crippen molar-refractivity contribution in [2.45, 2.75) is 24.3 Å². The number of hydrogen-bond donors (Lipinski definition) is 1. The third kappa shape index (κ3) is 3.86. The van der Waals surface area contributed by atoms with Crippen molar-refractivity contribution in [3.05, 3.63) is 141 Å². The van der Waals surface area contributed by atoms with Crippen LogP contribution in [-0.4, -0.2) is 33.6 Å². The summed E-state index contributed by atoms with van der Waals surface area (Å²) in [6.07, 6.45) is 0.145. The molecule has 0 unspecified atom stereocenters. The smallest absolute Gasteiger partial charge is 0.269 e. The van der Waals surface area contributed by atoms with Crippen molar-refractivity contribution in [3.63, 3.8) is 0 Å². The number of nitrogens with zero attached hydrogens (tertiary/aromatic N) is 2. The summed E-state index contributed by atoms with van der Waals surface area (Å²) in [5, 5.41) is 13.9. The van der Waals surface area contributed by atoms with E-state index in [0.717, 1.165) is 27.8 Å². The number of non-ortho nitro benzene ring substituents is 1. The summed E-state index contributed by atoms with van der Waals surface area (Å²) < 4.78 is 0. The van der Waals surface area contributed by atoms with Gasteiger partial charge in [0.05, 0.1) is 16.8 Å². The predicted molar refractivity (Wildman–Crippen MR) is 151 cm³/mol. The molecule has 4 aliphatic rings. The van der Waals surface area contributed by atoms with Gasteiger partial charge in [-0.25, -0.2) is 0 Å². The molecule has 0 spiro atoms. The number of amides is 3. The zero-order chi connectivity index (χ0) is 28.2. The third-order valence-corrected chi connectivity index (χ3v) is 8.71. The van der Waals surface area contributed by atoms with E-state index in [1.54, 1.807) is 0 Å². The van der Waals surface area contributed by atoms with Gasteiger partial charge in [0, 0.05) is 36.1 Å². The molecule has 0 radical (unpaired) electrons. The predicted octanol–water partition coefficient (Wildman–Crippen LogP) is 5.04. The van der Waals surface area contributed by atoms with Crippen molar-refractivity contribution in [1.29, 1.82) is 0 Å². The minimum Gasteiger partial charge on any atom is -0.324 e. The van der Waals surface area contributed by atoms with Crippen LogP contribution in [0.25, 0.3) is 0 Å². The number of carbonyl (C=O) groups is 3. The summed E-state index contributed by atoms with van der Waals surface area (Å²) in [7, 11) is 0. The number of rotatable bonds is 6. The van der Waals surface area contributed by atoms with E-state index in [0.29, 0.717) is 5.69 Å². The Hall–Kier alpha value is -5.11. The molecule has 1 saturated heterocycles. The van der Waals surface area contributed by atoms with E-state index in [4.69, 9.17) is 0 Å². The van der Waals surface area contributed by atoms with Gasteiger partial charge in [0.2, 0.25) is 17.7 Å². The quantitative estimate of drug-likeness (QED) is 0.208. The first-order chi connectivity index (χ1) is 19.9. The second kappa shape index (κ2) is 9.52. The molecule has 1 heterocycles. The van der Waals surface area contributed by atoms with Gasteiger partial charge < -0.3 is 5.32 Å². The van der Waals surface area contributed by atoms with Crippen molar-refractivity contribution in [1.82, 2.24) is 4.90 Å². The number of benzene rings is 4. The number of imide groups is 1. The minimum absolute atomic E-state index is 0.104. The number of anilines is 1. The average molecular weight is 544 g/mol. The zero-order valence-corrected chi connectivity index (χ0v) is 21.8. The SMILES string of the molecule is O=C(Nc1ccc([N+](=O)[O-])cc1)[C@H](Cc1ccccc1)N1C(=O)[C@@H]2C3c4ccccc4C(c4ccccc43)[C@H]2C1=O. The van der Waals surface area contributed by atoms with E-state index < -0.39 is 28.7 Å². The molecular formula is C33H25N3O5. The largest absolute Gasteiger partial charge is 0.324 e. The Morgan fingerprint density at radius 1 is 0.732 bits per heavy atom. The lowest BCUT2D eigenvalue weighted by molar-refractivity contribution is -0.384. The van der Waals surface area contributed by atoms with E-state index in [1.165, 1.54) is 29.2 Å². The molecule has 202 valence electrons. The fourth-order valence-electron chi connectivity index (χ4n) is 7.04. The first-order valence-electron chi connectivity index (χ1n) is 13.6. The van der Waals surface area contributed by atoms with Crippen LogP contribution >= 0.6 is 0 Å². The van der Waals surface area contributed by atoms with E-state index >= 15 is 0 Å².